The molecule has 0 aliphatic rings. The Hall–Kier alpha value is -1.76. The SMILES string of the molecule is CC(O)CCNC(=O)NCCc1cc(F)c(F)c(F)c1. The number of carbonyl (C=O) groups is 1. The predicted molar refractivity (Wildman–Crippen MR) is 67.7 cm³/mol. The highest BCUT2D eigenvalue weighted by atomic mass is 19.2. The molecule has 0 spiro atoms. The standard InChI is InChI=1S/C13H17F3N2O2/c1-8(19)2-4-17-13(20)18-5-3-9-6-10(14)12(16)11(15)7-9/h6-8,19H,2-5H2,1H3,(H2,17,18,20). The molecule has 3 N–H and O–H groups in total. The van der Waals surface area contributed by atoms with Crippen LogP contribution in [0, 0.1) is 17.5 Å². The number of hydrogen-bond donors (Lipinski definition) is 3. The molecule has 0 saturated carbocycles. The Morgan fingerprint density at radius 2 is 1.75 bits per heavy atom. The molecule has 112 valence electrons. The molecule has 0 aromatic heterocycles. The van der Waals surface area contributed by atoms with Gasteiger partial charge in [-0.2, -0.15) is 0 Å². The highest BCUT2D eigenvalue weighted by Crippen LogP contribution is 2.13. The highest BCUT2D eigenvalue weighted by molar-refractivity contribution is 5.73. The molecule has 7 heteroatoms. The van der Waals surface area contributed by atoms with Crippen LogP contribution in [-0.2, 0) is 6.42 Å². The number of hydrogen-bond acceptors (Lipinski definition) is 2. The van der Waals surface area contributed by atoms with Crippen LogP contribution in [0.5, 0.6) is 0 Å². The lowest BCUT2D eigenvalue weighted by Crippen LogP contribution is -2.37. The maximum atomic E-state index is 12.9. The van der Waals surface area contributed by atoms with Crippen molar-refractivity contribution in [3.8, 4) is 0 Å². The second kappa shape index (κ2) is 7.74. The molecular weight excluding hydrogens is 273 g/mol. The average molecular weight is 290 g/mol. The number of urea groups is 1. The monoisotopic (exact) mass is 290 g/mol. The summed E-state index contributed by atoms with van der Waals surface area (Å²) in [7, 11) is 0. The van der Waals surface area contributed by atoms with E-state index >= 15 is 0 Å². The van der Waals surface area contributed by atoms with Gasteiger partial charge in [-0.15, -0.1) is 0 Å². The normalized spacial score (nSPS) is 12.1. The van der Waals surface area contributed by atoms with E-state index in [4.69, 9.17) is 5.11 Å². The fourth-order valence-corrected chi connectivity index (χ4v) is 1.53. The summed E-state index contributed by atoms with van der Waals surface area (Å²) in [5.74, 6) is -4.00. The van der Waals surface area contributed by atoms with E-state index in [1.165, 1.54) is 0 Å². The third-order valence-electron chi connectivity index (χ3n) is 2.59. The quantitative estimate of drug-likeness (QED) is 0.699. The molecule has 0 heterocycles. The van der Waals surface area contributed by atoms with E-state index < -0.39 is 29.6 Å². The summed E-state index contributed by atoms with van der Waals surface area (Å²) in [6, 6.07) is 1.35. The minimum Gasteiger partial charge on any atom is -0.393 e. The van der Waals surface area contributed by atoms with Crippen molar-refractivity contribution in [1.29, 1.82) is 0 Å². The largest absolute Gasteiger partial charge is 0.393 e. The smallest absolute Gasteiger partial charge is 0.314 e. The molecule has 2 amide bonds. The molecule has 1 atom stereocenters. The van der Waals surface area contributed by atoms with Crippen molar-refractivity contribution in [3.05, 3.63) is 35.1 Å². The number of aliphatic hydroxyl groups excluding tert-OH is 1. The zero-order valence-electron chi connectivity index (χ0n) is 11.0. The van der Waals surface area contributed by atoms with E-state index in [1.54, 1.807) is 6.92 Å². The molecule has 0 aliphatic carbocycles. The molecule has 1 aromatic rings. The van der Waals surface area contributed by atoms with Gasteiger partial charge in [0.15, 0.2) is 17.5 Å². The maximum absolute atomic E-state index is 12.9. The maximum Gasteiger partial charge on any atom is 0.314 e. The van der Waals surface area contributed by atoms with E-state index in [0.717, 1.165) is 12.1 Å². The van der Waals surface area contributed by atoms with Gasteiger partial charge >= 0.3 is 6.03 Å². The molecule has 0 radical (unpaired) electrons. The Morgan fingerprint density at radius 3 is 2.30 bits per heavy atom. The minimum absolute atomic E-state index is 0.158. The fraction of sp³-hybridized carbons (Fsp3) is 0.462. The predicted octanol–water partition coefficient (Wildman–Crippen LogP) is 1.72. The molecule has 1 unspecified atom stereocenters. The van der Waals surface area contributed by atoms with Crippen molar-refractivity contribution in [3.63, 3.8) is 0 Å². The van der Waals surface area contributed by atoms with Crippen LogP contribution in [0.3, 0.4) is 0 Å². The molecule has 20 heavy (non-hydrogen) atoms. The third kappa shape index (κ3) is 5.48. The van der Waals surface area contributed by atoms with Gasteiger partial charge in [0.25, 0.3) is 0 Å². The van der Waals surface area contributed by atoms with Crippen LogP contribution in [0.15, 0.2) is 12.1 Å². The van der Waals surface area contributed by atoms with Crippen LogP contribution in [0.25, 0.3) is 0 Å². The topological polar surface area (TPSA) is 61.4 Å². The first kappa shape index (κ1) is 16.3. The van der Waals surface area contributed by atoms with Gasteiger partial charge in [-0.05, 0) is 37.5 Å². The molecular formula is C13H17F3N2O2. The number of halogens is 3. The first-order valence-corrected chi connectivity index (χ1v) is 6.23. The summed E-state index contributed by atoms with van der Waals surface area (Å²) in [4.78, 5) is 11.3. The van der Waals surface area contributed by atoms with E-state index in [9.17, 15) is 18.0 Å². The molecule has 1 rings (SSSR count). The zero-order valence-corrected chi connectivity index (χ0v) is 11.0. The molecule has 0 aliphatic heterocycles. The number of amides is 2. The summed E-state index contributed by atoms with van der Waals surface area (Å²) >= 11 is 0. The van der Waals surface area contributed by atoms with Crippen molar-refractivity contribution < 1.29 is 23.1 Å². The second-order valence-corrected chi connectivity index (χ2v) is 4.44. The summed E-state index contributed by atoms with van der Waals surface area (Å²) < 4.78 is 38.6. The van der Waals surface area contributed by atoms with Gasteiger partial charge in [-0.3, -0.25) is 0 Å². The van der Waals surface area contributed by atoms with Crippen molar-refractivity contribution in [1.82, 2.24) is 10.6 Å². The Labute approximate surface area is 115 Å². The summed E-state index contributed by atoms with van der Waals surface area (Å²) in [5.41, 5.74) is 0.255. The summed E-state index contributed by atoms with van der Waals surface area (Å²) in [6.45, 7) is 2.09. The number of rotatable bonds is 6. The van der Waals surface area contributed by atoms with Gasteiger partial charge in [0.1, 0.15) is 0 Å². The van der Waals surface area contributed by atoms with Crippen molar-refractivity contribution in [2.45, 2.75) is 25.9 Å². The van der Waals surface area contributed by atoms with Crippen LogP contribution in [0.1, 0.15) is 18.9 Å². The Balaban J connectivity index is 2.32. The van der Waals surface area contributed by atoms with Crippen LogP contribution < -0.4 is 10.6 Å². The number of carbonyl (C=O) groups excluding carboxylic acids is 1. The molecule has 1 aromatic carbocycles. The molecule has 0 bridgehead atoms. The summed E-state index contributed by atoms with van der Waals surface area (Å²) in [6.07, 6.45) is 0.111. The molecule has 0 saturated heterocycles. The summed E-state index contributed by atoms with van der Waals surface area (Å²) in [5, 5.41) is 14.0. The van der Waals surface area contributed by atoms with E-state index in [0.29, 0.717) is 13.0 Å². The van der Waals surface area contributed by atoms with E-state index in [1.807, 2.05) is 0 Å². The van der Waals surface area contributed by atoms with Crippen molar-refractivity contribution in [2.75, 3.05) is 13.1 Å². The van der Waals surface area contributed by atoms with E-state index in [-0.39, 0.29) is 18.5 Å². The number of aliphatic hydroxyl groups is 1. The van der Waals surface area contributed by atoms with Crippen LogP contribution >= 0.6 is 0 Å². The Morgan fingerprint density at radius 1 is 1.20 bits per heavy atom. The molecule has 0 fully saturated rings. The minimum atomic E-state index is -1.50. The first-order valence-electron chi connectivity index (χ1n) is 6.23. The van der Waals surface area contributed by atoms with Gasteiger partial charge in [-0.25, -0.2) is 18.0 Å². The lowest BCUT2D eigenvalue weighted by molar-refractivity contribution is 0.183. The van der Waals surface area contributed by atoms with Gasteiger partial charge in [0.05, 0.1) is 6.10 Å². The van der Waals surface area contributed by atoms with Crippen LogP contribution in [-0.4, -0.2) is 30.3 Å². The average Bonchev–Trinajstić information content (AvgIpc) is 2.35. The van der Waals surface area contributed by atoms with Crippen molar-refractivity contribution >= 4 is 6.03 Å². The second-order valence-electron chi connectivity index (χ2n) is 4.44. The van der Waals surface area contributed by atoms with Crippen molar-refractivity contribution in [2.24, 2.45) is 0 Å². The van der Waals surface area contributed by atoms with Gasteiger partial charge < -0.3 is 15.7 Å². The fourth-order valence-electron chi connectivity index (χ4n) is 1.53. The van der Waals surface area contributed by atoms with Crippen LogP contribution in [0.2, 0.25) is 0 Å². The Kier molecular flexibility index (Phi) is 6.30. The van der Waals surface area contributed by atoms with Gasteiger partial charge in [0, 0.05) is 13.1 Å². The van der Waals surface area contributed by atoms with Crippen LogP contribution in [0.4, 0.5) is 18.0 Å². The number of benzene rings is 1. The first-order chi connectivity index (χ1) is 9.40. The lowest BCUT2D eigenvalue weighted by atomic mass is 10.1. The highest BCUT2D eigenvalue weighted by Gasteiger charge is 2.10. The van der Waals surface area contributed by atoms with Gasteiger partial charge in [-0.1, -0.05) is 0 Å². The lowest BCUT2D eigenvalue weighted by Gasteiger charge is -2.09. The molecule has 4 nitrogen and oxygen atoms in total. The third-order valence-corrected chi connectivity index (χ3v) is 2.59. The van der Waals surface area contributed by atoms with E-state index in [2.05, 4.69) is 10.6 Å². The number of nitrogens with one attached hydrogen (secondary N) is 2. The zero-order chi connectivity index (χ0) is 15.1. The Bertz CT molecular complexity index is 444. The van der Waals surface area contributed by atoms with Gasteiger partial charge in [0.2, 0.25) is 0 Å².